The van der Waals surface area contributed by atoms with E-state index in [1.165, 1.54) is 27.8 Å². The van der Waals surface area contributed by atoms with Crippen molar-refractivity contribution in [3.05, 3.63) is 210 Å². The summed E-state index contributed by atoms with van der Waals surface area (Å²) in [5, 5.41) is 2.28. The van der Waals surface area contributed by atoms with Gasteiger partial charge >= 0.3 is 0 Å². The van der Waals surface area contributed by atoms with Crippen LogP contribution in [0.4, 0.5) is 0 Å². The molecule has 0 N–H and O–H groups in total. The molecule has 0 fully saturated rings. The Labute approximate surface area is 319 Å². The second kappa shape index (κ2) is 12.2. The van der Waals surface area contributed by atoms with Gasteiger partial charge in [0.25, 0.3) is 0 Å². The van der Waals surface area contributed by atoms with Crippen LogP contribution in [0.5, 0.6) is 11.5 Å². The van der Waals surface area contributed by atoms with E-state index in [1.807, 2.05) is 18.3 Å². The number of hydrogen-bond acceptors (Lipinski definition) is 4. The summed E-state index contributed by atoms with van der Waals surface area (Å²) in [5.74, 6) is 2.40. The number of fused-ring (bicyclic) bond motifs is 10. The number of benzene rings is 7. The molecule has 0 saturated heterocycles. The lowest BCUT2D eigenvalue weighted by molar-refractivity contribution is 0.436. The zero-order chi connectivity index (χ0) is 36.5. The summed E-state index contributed by atoms with van der Waals surface area (Å²) in [5.41, 5.74) is 14.3. The van der Waals surface area contributed by atoms with Gasteiger partial charge in [0.1, 0.15) is 11.5 Å². The van der Waals surface area contributed by atoms with Crippen LogP contribution in [0.2, 0.25) is 0 Å². The minimum atomic E-state index is -0.653. The maximum absolute atomic E-state index is 6.75. The van der Waals surface area contributed by atoms with Crippen molar-refractivity contribution in [3.63, 3.8) is 0 Å². The number of pyridine rings is 1. The number of rotatable bonds is 4. The Morgan fingerprint density at radius 1 is 0.455 bits per heavy atom. The molecular formula is C51H33N3O. The van der Waals surface area contributed by atoms with E-state index in [4.69, 9.17) is 19.7 Å². The predicted octanol–water partition coefficient (Wildman–Crippen LogP) is 12.5. The molecule has 55 heavy (non-hydrogen) atoms. The first kappa shape index (κ1) is 31.4. The molecule has 3 heterocycles. The molecule has 1 unspecified atom stereocenters. The van der Waals surface area contributed by atoms with Gasteiger partial charge in [-0.05, 0) is 88.0 Å². The maximum atomic E-state index is 6.75. The number of aryl methyl sites for hydroxylation is 1. The second-order valence-electron chi connectivity index (χ2n) is 14.4. The summed E-state index contributed by atoms with van der Waals surface area (Å²) in [7, 11) is 0. The van der Waals surface area contributed by atoms with E-state index in [2.05, 4.69) is 171 Å². The minimum absolute atomic E-state index is 0.653. The lowest BCUT2D eigenvalue weighted by atomic mass is 9.65. The SMILES string of the molecule is Cc1ccnc(-c2ccc3c(c2)C2(c4ccccc4O3)c3ccccc3-c3c(-c4cc(-c5ccccc5)nc(-c5cccc6ccccc56)n4)cccc32)c1. The van der Waals surface area contributed by atoms with Crippen LogP contribution in [-0.2, 0) is 5.41 Å². The maximum Gasteiger partial charge on any atom is 0.161 e. The molecule has 1 aliphatic carbocycles. The molecule has 1 aliphatic heterocycles. The van der Waals surface area contributed by atoms with Crippen molar-refractivity contribution in [3.8, 4) is 67.8 Å². The number of para-hydroxylation sites is 1. The summed E-state index contributed by atoms with van der Waals surface area (Å²) in [6.45, 7) is 2.11. The van der Waals surface area contributed by atoms with Crippen LogP contribution in [0.15, 0.2) is 182 Å². The van der Waals surface area contributed by atoms with Gasteiger partial charge in [0.05, 0.1) is 22.5 Å². The normalized spacial score (nSPS) is 14.9. The molecule has 1 spiro atoms. The third-order valence-corrected chi connectivity index (χ3v) is 11.3. The van der Waals surface area contributed by atoms with Gasteiger partial charge < -0.3 is 4.74 Å². The Morgan fingerprint density at radius 3 is 2.05 bits per heavy atom. The molecular weight excluding hydrogens is 671 g/mol. The van der Waals surface area contributed by atoms with Crippen LogP contribution in [0.3, 0.4) is 0 Å². The molecule has 11 rings (SSSR count). The molecule has 0 amide bonds. The van der Waals surface area contributed by atoms with Gasteiger partial charge in [-0.2, -0.15) is 0 Å². The van der Waals surface area contributed by atoms with Crippen LogP contribution in [-0.4, -0.2) is 15.0 Å². The molecule has 4 nitrogen and oxygen atoms in total. The molecule has 1 atom stereocenters. The zero-order valence-electron chi connectivity index (χ0n) is 30.1. The first-order chi connectivity index (χ1) is 27.2. The van der Waals surface area contributed by atoms with Crippen molar-refractivity contribution < 1.29 is 4.74 Å². The van der Waals surface area contributed by atoms with Gasteiger partial charge in [-0.15, -0.1) is 0 Å². The Bertz CT molecular complexity index is 2980. The lowest BCUT2D eigenvalue weighted by Crippen LogP contribution is -2.32. The highest BCUT2D eigenvalue weighted by atomic mass is 16.5. The van der Waals surface area contributed by atoms with Gasteiger partial charge in [0.2, 0.25) is 0 Å². The van der Waals surface area contributed by atoms with Gasteiger partial charge in [-0.1, -0.05) is 133 Å². The summed E-state index contributed by atoms with van der Waals surface area (Å²) in [4.78, 5) is 15.5. The highest BCUT2D eigenvalue weighted by Crippen LogP contribution is 2.63. The summed E-state index contributed by atoms with van der Waals surface area (Å²) in [6.07, 6.45) is 1.88. The fourth-order valence-corrected chi connectivity index (χ4v) is 8.90. The molecule has 0 radical (unpaired) electrons. The van der Waals surface area contributed by atoms with E-state index in [1.54, 1.807) is 0 Å². The monoisotopic (exact) mass is 703 g/mol. The first-order valence-corrected chi connectivity index (χ1v) is 18.7. The summed E-state index contributed by atoms with van der Waals surface area (Å²) >= 11 is 0. The van der Waals surface area contributed by atoms with Gasteiger partial charge in [0, 0.05) is 39.6 Å². The van der Waals surface area contributed by atoms with Gasteiger partial charge in [-0.25, -0.2) is 9.97 Å². The topological polar surface area (TPSA) is 47.9 Å². The highest BCUT2D eigenvalue weighted by molar-refractivity contribution is 5.98. The van der Waals surface area contributed by atoms with E-state index in [0.29, 0.717) is 5.82 Å². The quantitative estimate of drug-likeness (QED) is 0.183. The van der Waals surface area contributed by atoms with Crippen LogP contribution >= 0.6 is 0 Å². The van der Waals surface area contributed by atoms with E-state index in [-0.39, 0.29) is 0 Å². The van der Waals surface area contributed by atoms with Crippen LogP contribution in [0.1, 0.15) is 27.8 Å². The Morgan fingerprint density at radius 2 is 1.15 bits per heavy atom. The molecule has 7 aromatic carbocycles. The van der Waals surface area contributed by atoms with E-state index in [9.17, 15) is 0 Å². The Balaban J connectivity index is 1.21. The lowest BCUT2D eigenvalue weighted by Gasteiger charge is -2.39. The number of ether oxygens (including phenoxy) is 1. The fraction of sp³-hybridized carbons (Fsp3) is 0.0392. The summed E-state index contributed by atoms with van der Waals surface area (Å²) < 4.78 is 6.75. The second-order valence-corrected chi connectivity index (χ2v) is 14.4. The van der Waals surface area contributed by atoms with Crippen molar-refractivity contribution >= 4 is 10.8 Å². The highest BCUT2D eigenvalue weighted by Gasteiger charge is 2.51. The van der Waals surface area contributed by atoms with Crippen molar-refractivity contribution in [1.82, 2.24) is 15.0 Å². The van der Waals surface area contributed by atoms with Gasteiger partial charge in [0.15, 0.2) is 5.82 Å². The van der Waals surface area contributed by atoms with E-state index in [0.717, 1.165) is 72.7 Å². The standard InChI is InChI=1S/C51H33N3O/c1-32-27-28-52-44(29-32)35-25-26-48-43(30-35)51(41-22-9-10-24-47(41)55-48)40-21-8-7-18-38(40)49-39(20-12-23-42(49)51)46-31-45(34-14-3-2-4-15-34)53-50(54-46)37-19-11-16-33-13-5-6-17-36(33)37/h2-31H,1H3. The van der Waals surface area contributed by atoms with E-state index < -0.39 is 5.41 Å². The average molecular weight is 704 g/mol. The van der Waals surface area contributed by atoms with Crippen LogP contribution in [0, 0.1) is 6.92 Å². The number of nitrogens with zero attached hydrogens (tertiary/aromatic N) is 3. The third kappa shape index (κ3) is 4.75. The number of hydrogen-bond donors (Lipinski definition) is 0. The average Bonchev–Trinajstić information content (AvgIpc) is 3.54. The summed E-state index contributed by atoms with van der Waals surface area (Å²) in [6, 6.07) is 62.2. The fourth-order valence-electron chi connectivity index (χ4n) is 8.90. The molecule has 0 saturated carbocycles. The van der Waals surface area contributed by atoms with Crippen molar-refractivity contribution in [2.75, 3.05) is 0 Å². The van der Waals surface area contributed by atoms with Crippen LogP contribution in [0.25, 0.3) is 67.1 Å². The van der Waals surface area contributed by atoms with Crippen LogP contribution < -0.4 is 4.74 Å². The molecule has 2 aromatic heterocycles. The largest absolute Gasteiger partial charge is 0.457 e. The van der Waals surface area contributed by atoms with Crippen molar-refractivity contribution in [2.24, 2.45) is 0 Å². The Hall–Kier alpha value is -7.17. The molecule has 258 valence electrons. The predicted molar refractivity (Wildman–Crippen MR) is 221 cm³/mol. The minimum Gasteiger partial charge on any atom is -0.457 e. The third-order valence-electron chi connectivity index (χ3n) is 11.3. The zero-order valence-corrected chi connectivity index (χ0v) is 30.1. The van der Waals surface area contributed by atoms with Crippen molar-refractivity contribution in [2.45, 2.75) is 12.3 Å². The number of aromatic nitrogens is 3. The van der Waals surface area contributed by atoms with E-state index >= 15 is 0 Å². The molecule has 9 aromatic rings. The van der Waals surface area contributed by atoms with Gasteiger partial charge in [-0.3, -0.25) is 4.98 Å². The Kier molecular flexibility index (Phi) is 6.95. The molecule has 2 aliphatic rings. The first-order valence-electron chi connectivity index (χ1n) is 18.7. The molecule has 4 heteroatoms. The van der Waals surface area contributed by atoms with Crippen molar-refractivity contribution in [1.29, 1.82) is 0 Å². The molecule has 0 bridgehead atoms. The smallest absolute Gasteiger partial charge is 0.161 e.